The van der Waals surface area contributed by atoms with E-state index >= 15 is 0 Å². The lowest BCUT2D eigenvalue weighted by atomic mass is 9.98. The van der Waals surface area contributed by atoms with Gasteiger partial charge in [0.25, 0.3) is 0 Å². The van der Waals surface area contributed by atoms with Gasteiger partial charge in [0.15, 0.2) is 5.82 Å². The molecule has 0 saturated heterocycles. The molecule has 0 aliphatic heterocycles. The van der Waals surface area contributed by atoms with Crippen LogP contribution < -0.4 is 5.32 Å². The van der Waals surface area contributed by atoms with E-state index in [1.165, 1.54) is 0 Å². The Bertz CT molecular complexity index is 1150. The number of aromatic nitrogens is 3. The predicted molar refractivity (Wildman–Crippen MR) is 96.9 cm³/mol. The molecule has 138 valence electrons. The minimum Gasteiger partial charge on any atom is -0.308 e. The second-order valence-corrected chi connectivity index (χ2v) is 6.91. The number of thiazole rings is 1. The lowest BCUT2D eigenvalue weighted by Gasteiger charge is -2.12. The molecule has 0 bridgehead atoms. The first-order valence-electron chi connectivity index (χ1n) is 8.02. The van der Waals surface area contributed by atoms with E-state index in [1.54, 1.807) is 13.1 Å². The highest BCUT2D eigenvalue weighted by molar-refractivity contribution is 7.16. The highest BCUT2D eigenvalue weighted by Crippen LogP contribution is 2.35. The number of benzene rings is 1. The molecule has 0 fully saturated rings. The highest BCUT2D eigenvalue weighted by atomic mass is 32.1. The van der Waals surface area contributed by atoms with E-state index in [0.29, 0.717) is 0 Å². The van der Waals surface area contributed by atoms with Crippen molar-refractivity contribution in [2.75, 3.05) is 5.32 Å². The number of rotatable bonds is 3. The molecule has 1 aromatic carbocycles. The Morgan fingerprint density at radius 2 is 2.07 bits per heavy atom. The second kappa shape index (κ2) is 6.34. The van der Waals surface area contributed by atoms with Gasteiger partial charge in [-0.3, -0.25) is 14.2 Å². The second-order valence-electron chi connectivity index (χ2n) is 6.05. The van der Waals surface area contributed by atoms with Crippen LogP contribution in [0.5, 0.6) is 0 Å². The van der Waals surface area contributed by atoms with Crippen LogP contribution in [0, 0.1) is 0 Å². The maximum atomic E-state index is 13.0. The molecule has 1 N–H and O–H groups in total. The first-order valence-corrected chi connectivity index (χ1v) is 8.90. The molecule has 4 rings (SSSR count). The van der Waals surface area contributed by atoms with Gasteiger partial charge in [-0.1, -0.05) is 12.1 Å². The number of halogens is 3. The van der Waals surface area contributed by atoms with E-state index in [9.17, 15) is 18.0 Å². The molecule has 0 saturated carbocycles. The van der Waals surface area contributed by atoms with E-state index in [4.69, 9.17) is 0 Å². The molecule has 1 amide bonds. The van der Waals surface area contributed by atoms with Crippen molar-refractivity contribution in [3.05, 3.63) is 59.5 Å². The minimum absolute atomic E-state index is 0.120. The average Bonchev–Trinajstić information content (AvgIpc) is 3.23. The van der Waals surface area contributed by atoms with Gasteiger partial charge in [-0.15, -0.1) is 11.3 Å². The van der Waals surface area contributed by atoms with Gasteiger partial charge in [-0.25, -0.2) is 4.98 Å². The van der Waals surface area contributed by atoms with Crippen molar-refractivity contribution in [2.24, 2.45) is 0 Å². The van der Waals surface area contributed by atoms with Crippen LogP contribution in [0.15, 0.2) is 48.2 Å². The van der Waals surface area contributed by atoms with Crippen molar-refractivity contribution in [1.82, 2.24) is 14.4 Å². The normalized spacial score (nSPS) is 13.2. The fraction of sp³-hybridized carbons (Fsp3) is 0.167. The Kier molecular flexibility index (Phi) is 4.11. The standard InChI is InChI=1S/C18H13F3N4OS/c1-10(11-4-5-13-12(7-11)3-2-6-22-13)16(26)24-15-17-25(9-23-15)14(8-27-17)18(19,20)21/h2-10H,1H3,(H,24,26). The highest BCUT2D eigenvalue weighted by Gasteiger charge is 2.35. The fourth-order valence-corrected chi connectivity index (χ4v) is 3.76. The van der Waals surface area contributed by atoms with Gasteiger partial charge in [0.1, 0.15) is 16.9 Å². The monoisotopic (exact) mass is 390 g/mol. The Morgan fingerprint density at radius 1 is 1.26 bits per heavy atom. The van der Waals surface area contributed by atoms with Crippen molar-refractivity contribution in [3.63, 3.8) is 0 Å². The van der Waals surface area contributed by atoms with Crippen molar-refractivity contribution in [3.8, 4) is 0 Å². The third-order valence-electron chi connectivity index (χ3n) is 4.32. The van der Waals surface area contributed by atoms with Gasteiger partial charge in [0.2, 0.25) is 5.91 Å². The number of imidazole rings is 1. The van der Waals surface area contributed by atoms with Crippen LogP contribution in [0.2, 0.25) is 0 Å². The van der Waals surface area contributed by atoms with Crippen LogP contribution in [0.1, 0.15) is 24.1 Å². The largest absolute Gasteiger partial charge is 0.432 e. The molecule has 27 heavy (non-hydrogen) atoms. The van der Waals surface area contributed by atoms with Gasteiger partial charge in [0.05, 0.1) is 11.4 Å². The zero-order valence-corrected chi connectivity index (χ0v) is 14.8. The molecule has 0 aliphatic carbocycles. The van der Waals surface area contributed by atoms with Crippen molar-refractivity contribution in [1.29, 1.82) is 0 Å². The topological polar surface area (TPSA) is 59.3 Å². The molecule has 9 heteroatoms. The maximum absolute atomic E-state index is 13.0. The lowest BCUT2D eigenvalue weighted by molar-refractivity contribution is -0.141. The molecule has 5 nitrogen and oxygen atoms in total. The summed E-state index contributed by atoms with van der Waals surface area (Å²) in [6.07, 6.45) is -1.72. The Hall–Kier alpha value is -2.94. The first-order chi connectivity index (χ1) is 12.8. The Morgan fingerprint density at radius 3 is 2.85 bits per heavy atom. The van der Waals surface area contributed by atoms with Gasteiger partial charge < -0.3 is 5.32 Å². The Balaban J connectivity index is 1.59. The van der Waals surface area contributed by atoms with E-state index in [0.717, 1.165) is 43.9 Å². The SMILES string of the molecule is CC(C(=O)Nc1ncn2c(C(F)(F)F)csc12)c1ccc2ncccc2c1. The smallest absolute Gasteiger partial charge is 0.308 e. The summed E-state index contributed by atoms with van der Waals surface area (Å²) in [5.41, 5.74) is 0.791. The van der Waals surface area contributed by atoms with Crippen LogP contribution in [-0.4, -0.2) is 20.3 Å². The summed E-state index contributed by atoms with van der Waals surface area (Å²) >= 11 is 0.883. The van der Waals surface area contributed by atoms with Gasteiger partial charge in [-0.05, 0) is 30.7 Å². The number of alkyl halides is 3. The number of amides is 1. The average molecular weight is 390 g/mol. The molecule has 0 radical (unpaired) electrons. The van der Waals surface area contributed by atoms with Gasteiger partial charge in [0, 0.05) is 17.0 Å². The van der Waals surface area contributed by atoms with E-state index < -0.39 is 17.8 Å². The maximum Gasteiger partial charge on any atom is 0.432 e. The quantitative estimate of drug-likeness (QED) is 0.551. The summed E-state index contributed by atoms with van der Waals surface area (Å²) in [5.74, 6) is -0.732. The number of fused-ring (bicyclic) bond motifs is 2. The number of pyridine rings is 1. The summed E-state index contributed by atoms with van der Waals surface area (Å²) in [6, 6.07) is 9.24. The summed E-state index contributed by atoms with van der Waals surface area (Å²) in [5, 5.41) is 4.55. The minimum atomic E-state index is -4.48. The van der Waals surface area contributed by atoms with Crippen LogP contribution in [-0.2, 0) is 11.0 Å². The number of nitrogens with one attached hydrogen (secondary N) is 1. The van der Waals surface area contributed by atoms with Crippen molar-refractivity contribution < 1.29 is 18.0 Å². The molecule has 1 atom stereocenters. The molecular formula is C18H13F3N4OS. The molecule has 3 aromatic heterocycles. The zero-order chi connectivity index (χ0) is 19.2. The number of anilines is 1. The zero-order valence-electron chi connectivity index (χ0n) is 14.0. The molecule has 0 aliphatic rings. The Labute approximate surface area is 155 Å². The predicted octanol–water partition coefficient (Wildman–Crippen LogP) is 4.71. The van der Waals surface area contributed by atoms with E-state index in [2.05, 4.69) is 15.3 Å². The fourth-order valence-electron chi connectivity index (χ4n) is 2.82. The van der Waals surface area contributed by atoms with E-state index in [1.807, 2.05) is 30.3 Å². The van der Waals surface area contributed by atoms with Crippen molar-refractivity contribution in [2.45, 2.75) is 19.0 Å². The summed E-state index contributed by atoms with van der Waals surface area (Å²) in [6.45, 7) is 1.73. The third-order valence-corrected chi connectivity index (χ3v) is 5.27. The number of carbonyl (C=O) groups is 1. The molecule has 1 unspecified atom stereocenters. The third kappa shape index (κ3) is 3.14. The van der Waals surface area contributed by atoms with E-state index in [-0.39, 0.29) is 16.6 Å². The van der Waals surface area contributed by atoms with Crippen LogP contribution in [0.3, 0.4) is 0 Å². The number of nitrogens with zero attached hydrogens (tertiary/aromatic N) is 3. The summed E-state index contributed by atoms with van der Waals surface area (Å²) in [7, 11) is 0. The molecular weight excluding hydrogens is 377 g/mol. The summed E-state index contributed by atoms with van der Waals surface area (Å²) in [4.78, 5) is 21.0. The van der Waals surface area contributed by atoms with Crippen LogP contribution in [0.25, 0.3) is 15.7 Å². The first kappa shape index (κ1) is 17.5. The number of hydrogen-bond acceptors (Lipinski definition) is 4. The van der Waals surface area contributed by atoms with Gasteiger partial charge in [-0.2, -0.15) is 13.2 Å². The van der Waals surface area contributed by atoms with Crippen LogP contribution in [0.4, 0.5) is 19.0 Å². The molecule has 0 spiro atoms. The van der Waals surface area contributed by atoms with Gasteiger partial charge >= 0.3 is 6.18 Å². The van der Waals surface area contributed by atoms with Crippen LogP contribution >= 0.6 is 11.3 Å². The molecule has 3 heterocycles. The number of hydrogen-bond donors (Lipinski definition) is 1. The summed E-state index contributed by atoms with van der Waals surface area (Å²) < 4.78 is 39.8. The lowest BCUT2D eigenvalue weighted by Crippen LogP contribution is -2.19. The number of carbonyl (C=O) groups excluding carboxylic acids is 1. The van der Waals surface area contributed by atoms with Crippen molar-refractivity contribution >= 4 is 38.8 Å². The molecule has 4 aromatic rings.